The zero-order valence-corrected chi connectivity index (χ0v) is 14.8. The van der Waals surface area contributed by atoms with Crippen molar-refractivity contribution in [3.05, 3.63) is 36.2 Å². The van der Waals surface area contributed by atoms with Crippen LogP contribution in [0, 0.1) is 5.92 Å². The Labute approximate surface area is 149 Å². The summed E-state index contributed by atoms with van der Waals surface area (Å²) in [5, 5.41) is 0. The Morgan fingerprint density at radius 1 is 1.32 bits per heavy atom. The van der Waals surface area contributed by atoms with Crippen LogP contribution in [-0.2, 0) is 6.54 Å². The molecular weight excluding hydrogens is 347 g/mol. The molecule has 1 atom stereocenters. The van der Waals surface area contributed by atoms with Crippen LogP contribution in [0.4, 0.5) is 13.2 Å². The maximum Gasteiger partial charge on any atom is 0.395 e. The minimum atomic E-state index is -4.25. The van der Waals surface area contributed by atoms with Crippen LogP contribution in [0.1, 0.15) is 31.7 Å². The predicted molar refractivity (Wildman–Crippen MR) is 95.5 cm³/mol. The van der Waals surface area contributed by atoms with Crippen LogP contribution in [0.15, 0.2) is 45.5 Å². The van der Waals surface area contributed by atoms with Crippen molar-refractivity contribution in [3.8, 4) is 0 Å². The van der Waals surface area contributed by atoms with Gasteiger partial charge in [0, 0.05) is 23.7 Å². The van der Waals surface area contributed by atoms with Gasteiger partial charge >= 0.3 is 6.18 Å². The first kappa shape index (κ1) is 18.2. The molecule has 1 aromatic rings. The topological polar surface area (TPSA) is 37.6 Å². The smallest absolute Gasteiger partial charge is 0.283 e. The summed E-state index contributed by atoms with van der Waals surface area (Å²) in [6, 6.07) is 2.12. The summed E-state index contributed by atoms with van der Waals surface area (Å²) in [5.74, 6) is -0.575. The third-order valence-corrected chi connectivity index (χ3v) is 5.06. The highest BCUT2D eigenvalue weighted by atomic mass is 32.2. The molecule has 1 aromatic heterocycles. The highest BCUT2D eigenvalue weighted by Gasteiger charge is 2.40. The van der Waals surface area contributed by atoms with Gasteiger partial charge in [-0.3, -0.25) is 15.0 Å². The fraction of sp³-hybridized carbons (Fsp3) is 0.500. The molecule has 0 N–H and O–H groups in total. The van der Waals surface area contributed by atoms with E-state index in [1.165, 1.54) is 12.2 Å². The molecule has 0 saturated heterocycles. The van der Waals surface area contributed by atoms with Gasteiger partial charge in [-0.25, -0.2) is 0 Å². The standard InChI is InChI=1S/C18H20F3N3S/c1-2-25-17-11-22-8-7-12(17)10-23-16-9-13(18(19,20)21)3-6-15(16)24-14-4-5-14/h3,6-8,11,13-14H,2,4-5,9-10H2,1H3. The maximum absolute atomic E-state index is 13.1. The molecule has 0 amide bonds. The van der Waals surface area contributed by atoms with Gasteiger partial charge in [0.05, 0.1) is 29.9 Å². The Bertz CT molecular complexity index is 706. The number of aromatic nitrogens is 1. The van der Waals surface area contributed by atoms with Gasteiger partial charge < -0.3 is 0 Å². The van der Waals surface area contributed by atoms with Crippen molar-refractivity contribution in [3.63, 3.8) is 0 Å². The van der Waals surface area contributed by atoms with Gasteiger partial charge in [-0.15, -0.1) is 11.8 Å². The summed E-state index contributed by atoms with van der Waals surface area (Å²) in [6.45, 7) is 2.40. The second kappa shape index (κ2) is 7.72. The second-order valence-corrected chi connectivity index (χ2v) is 7.44. The second-order valence-electron chi connectivity index (χ2n) is 6.14. The molecule has 7 heteroatoms. The van der Waals surface area contributed by atoms with E-state index in [9.17, 15) is 13.2 Å². The third-order valence-electron chi connectivity index (χ3n) is 4.09. The number of pyridine rings is 1. The van der Waals surface area contributed by atoms with E-state index in [1.54, 1.807) is 24.2 Å². The molecule has 0 aromatic carbocycles. The normalized spacial score (nSPS) is 24.2. The SMILES string of the molecule is CCSc1cnccc1CN=C1CC(C(F)(F)F)C=CC1=NC1CC1. The Hall–Kier alpha value is -1.63. The fourth-order valence-electron chi connectivity index (χ4n) is 2.58. The highest BCUT2D eigenvalue weighted by Crippen LogP contribution is 2.34. The van der Waals surface area contributed by atoms with Crippen molar-refractivity contribution in [1.82, 2.24) is 4.98 Å². The lowest BCUT2D eigenvalue weighted by molar-refractivity contribution is -0.159. The van der Waals surface area contributed by atoms with E-state index in [0.717, 1.165) is 29.1 Å². The number of allylic oxidation sites excluding steroid dienone is 2. The number of hydrogen-bond donors (Lipinski definition) is 0. The lowest BCUT2D eigenvalue weighted by atomic mass is 9.92. The molecule has 3 nitrogen and oxygen atoms in total. The summed E-state index contributed by atoms with van der Waals surface area (Å²) < 4.78 is 39.3. The summed E-state index contributed by atoms with van der Waals surface area (Å²) in [4.78, 5) is 14.2. The monoisotopic (exact) mass is 367 g/mol. The fourth-order valence-corrected chi connectivity index (χ4v) is 3.34. The molecule has 0 bridgehead atoms. The predicted octanol–water partition coefficient (Wildman–Crippen LogP) is 4.88. The molecule has 0 aliphatic heterocycles. The van der Waals surface area contributed by atoms with E-state index in [1.807, 2.05) is 13.0 Å². The molecule has 1 fully saturated rings. The minimum absolute atomic E-state index is 0.132. The summed E-state index contributed by atoms with van der Waals surface area (Å²) in [6.07, 6.45) is 3.81. The Morgan fingerprint density at radius 2 is 2.12 bits per heavy atom. The number of halogens is 3. The van der Waals surface area contributed by atoms with Crippen LogP contribution >= 0.6 is 11.8 Å². The van der Waals surface area contributed by atoms with Crippen molar-refractivity contribution >= 4 is 23.2 Å². The Kier molecular flexibility index (Phi) is 5.61. The first-order chi connectivity index (χ1) is 12.0. The van der Waals surface area contributed by atoms with Crippen molar-refractivity contribution in [2.75, 3.05) is 5.75 Å². The molecule has 1 heterocycles. The highest BCUT2D eigenvalue weighted by molar-refractivity contribution is 7.99. The molecule has 25 heavy (non-hydrogen) atoms. The number of rotatable bonds is 5. The van der Waals surface area contributed by atoms with Gasteiger partial charge in [0.2, 0.25) is 0 Å². The maximum atomic E-state index is 13.1. The van der Waals surface area contributed by atoms with Crippen LogP contribution in [0.5, 0.6) is 0 Å². The summed E-state index contributed by atoms with van der Waals surface area (Å²) >= 11 is 1.66. The molecule has 1 unspecified atom stereocenters. The summed E-state index contributed by atoms with van der Waals surface area (Å²) in [7, 11) is 0. The molecular formula is C18H20F3N3S. The summed E-state index contributed by atoms with van der Waals surface area (Å²) in [5.41, 5.74) is 2.06. The van der Waals surface area contributed by atoms with E-state index < -0.39 is 12.1 Å². The quantitative estimate of drug-likeness (QED) is 0.696. The van der Waals surface area contributed by atoms with Crippen LogP contribution in [0.25, 0.3) is 0 Å². The van der Waals surface area contributed by atoms with Crippen molar-refractivity contribution in [1.29, 1.82) is 0 Å². The van der Waals surface area contributed by atoms with Gasteiger partial charge in [0.25, 0.3) is 0 Å². The molecule has 3 rings (SSSR count). The van der Waals surface area contributed by atoms with E-state index in [2.05, 4.69) is 15.0 Å². The van der Waals surface area contributed by atoms with E-state index in [-0.39, 0.29) is 12.5 Å². The van der Waals surface area contributed by atoms with Gasteiger partial charge in [0.15, 0.2) is 0 Å². The molecule has 134 valence electrons. The van der Waals surface area contributed by atoms with Crippen LogP contribution in [0.3, 0.4) is 0 Å². The molecule has 1 saturated carbocycles. The first-order valence-electron chi connectivity index (χ1n) is 8.39. The third kappa shape index (κ3) is 4.93. The van der Waals surface area contributed by atoms with Crippen LogP contribution < -0.4 is 0 Å². The van der Waals surface area contributed by atoms with Crippen LogP contribution in [0.2, 0.25) is 0 Å². The van der Waals surface area contributed by atoms with E-state index >= 15 is 0 Å². The van der Waals surface area contributed by atoms with E-state index in [0.29, 0.717) is 18.0 Å². The lowest BCUT2D eigenvalue weighted by Gasteiger charge is -2.22. The van der Waals surface area contributed by atoms with E-state index in [4.69, 9.17) is 0 Å². The van der Waals surface area contributed by atoms with Crippen molar-refractivity contribution in [2.24, 2.45) is 15.9 Å². The van der Waals surface area contributed by atoms with Gasteiger partial charge in [-0.2, -0.15) is 13.2 Å². The molecule has 0 radical (unpaired) electrons. The Balaban J connectivity index is 1.84. The zero-order chi connectivity index (χ0) is 17.9. The molecule has 2 aliphatic carbocycles. The van der Waals surface area contributed by atoms with Crippen molar-refractivity contribution in [2.45, 2.75) is 49.8 Å². The molecule has 0 spiro atoms. The van der Waals surface area contributed by atoms with Crippen LogP contribution in [-0.4, -0.2) is 34.4 Å². The number of hydrogen-bond acceptors (Lipinski definition) is 4. The number of aliphatic imine (C=N–C) groups is 2. The first-order valence-corrected chi connectivity index (χ1v) is 9.38. The zero-order valence-electron chi connectivity index (χ0n) is 14.0. The molecule has 2 aliphatic rings. The van der Waals surface area contributed by atoms with Gasteiger partial charge in [0.1, 0.15) is 0 Å². The van der Waals surface area contributed by atoms with Crippen molar-refractivity contribution < 1.29 is 13.2 Å². The lowest BCUT2D eigenvalue weighted by Crippen LogP contribution is -2.30. The minimum Gasteiger partial charge on any atom is -0.283 e. The van der Waals surface area contributed by atoms with Gasteiger partial charge in [-0.05, 0) is 36.3 Å². The average Bonchev–Trinajstić information content (AvgIpc) is 3.38. The van der Waals surface area contributed by atoms with Gasteiger partial charge in [-0.1, -0.05) is 13.0 Å². The largest absolute Gasteiger partial charge is 0.395 e. The number of nitrogens with zero attached hydrogens (tertiary/aromatic N) is 3. The average molecular weight is 367 g/mol. The Morgan fingerprint density at radius 3 is 2.80 bits per heavy atom. The number of alkyl halides is 3. The number of thioether (sulfide) groups is 1.